The highest BCUT2D eigenvalue weighted by Gasteiger charge is 2.15. The molecular weight excluding hydrogens is 418 g/mol. The molecule has 30 heavy (non-hydrogen) atoms. The molecule has 0 spiro atoms. The van der Waals surface area contributed by atoms with Crippen molar-refractivity contribution in [2.24, 2.45) is 0 Å². The molecule has 0 radical (unpaired) electrons. The Morgan fingerprint density at radius 1 is 1.03 bits per heavy atom. The minimum Gasteiger partial charge on any atom is -0.325 e. The molecule has 0 unspecified atom stereocenters. The maximum absolute atomic E-state index is 13.2. The van der Waals surface area contributed by atoms with Crippen molar-refractivity contribution >= 4 is 45.9 Å². The van der Waals surface area contributed by atoms with Crippen LogP contribution in [0.15, 0.2) is 82.7 Å². The SMILES string of the molecule is Cc1ccccc1NC(=O)CSc1nc2ccccc2c(=O)n1-c1ccc(Cl)cc1. The van der Waals surface area contributed by atoms with Crippen LogP contribution in [0.5, 0.6) is 0 Å². The Bertz CT molecular complexity index is 1290. The summed E-state index contributed by atoms with van der Waals surface area (Å²) in [5.74, 6) is -0.0495. The van der Waals surface area contributed by atoms with Gasteiger partial charge in [0.05, 0.1) is 22.3 Å². The summed E-state index contributed by atoms with van der Waals surface area (Å²) in [6, 6.07) is 21.7. The predicted octanol–water partition coefficient (Wildman–Crippen LogP) is 5.08. The van der Waals surface area contributed by atoms with Crippen LogP contribution < -0.4 is 10.9 Å². The summed E-state index contributed by atoms with van der Waals surface area (Å²) < 4.78 is 1.52. The second kappa shape index (κ2) is 8.73. The van der Waals surface area contributed by atoms with Crippen LogP contribution in [0.4, 0.5) is 5.69 Å². The molecule has 0 aliphatic rings. The molecule has 150 valence electrons. The molecule has 1 N–H and O–H groups in total. The fourth-order valence-corrected chi connectivity index (χ4v) is 4.00. The molecule has 1 heterocycles. The number of amides is 1. The number of aryl methyl sites for hydroxylation is 1. The van der Waals surface area contributed by atoms with Crippen molar-refractivity contribution < 1.29 is 4.79 Å². The van der Waals surface area contributed by atoms with Crippen molar-refractivity contribution in [2.75, 3.05) is 11.1 Å². The monoisotopic (exact) mass is 435 g/mol. The first-order valence-electron chi connectivity index (χ1n) is 9.29. The molecular formula is C23H18ClN3O2S. The molecule has 0 atom stereocenters. The lowest BCUT2D eigenvalue weighted by molar-refractivity contribution is -0.113. The molecule has 0 bridgehead atoms. The number of nitrogens with one attached hydrogen (secondary N) is 1. The summed E-state index contributed by atoms with van der Waals surface area (Å²) in [5, 5.41) is 4.44. The number of para-hydroxylation sites is 2. The molecule has 0 aliphatic carbocycles. The normalized spacial score (nSPS) is 10.9. The van der Waals surface area contributed by atoms with Crippen LogP contribution in [0, 0.1) is 6.92 Å². The lowest BCUT2D eigenvalue weighted by Crippen LogP contribution is -2.23. The number of carbonyl (C=O) groups is 1. The van der Waals surface area contributed by atoms with Crippen LogP contribution >= 0.6 is 23.4 Å². The van der Waals surface area contributed by atoms with E-state index in [4.69, 9.17) is 11.6 Å². The Hall–Kier alpha value is -3.09. The zero-order valence-corrected chi connectivity index (χ0v) is 17.7. The molecule has 0 fully saturated rings. The number of carbonyl (C=O) groups excluding carboxylic acids is 1. The van der Waals surface area contributed by atoms with Crippen molar-refractivity contribution in [2.45, 2.75) is 12.1 Å². The first-order chi connectivity index (χ1) is 14.5. The number of hydrogen-bond acceptors (Lipinski definition) is 4. The molecule has 4 aromatic rings. The molecule has 4 rings (SSSR count). The van der Waals surface area contributed by atoms with Crippen molar-refractivity contribution in [1.29, 1.82) is 0 Å². The third kappa shape index (κ3) is 4.25. The average Bonchev–Trinajstić information content (AvgIpc) is 2.75. The highest BCUT2D eigenvalue weighted by molar-refractivity contribution is 7.99. The smallest absolute Gasteiger partial charge is 0.266 e. The summed E-state index contributed by atoms with van der Waals surface area (Å²) in [6.07, 6.45) is 0. The van der Waals surface area contributed by atoms with E-state index in [0.717, 1.165) is 11.3 Å². The number of fused-ring (bicyclic) bond motifs is 1. The average molecular weight is 436 g/mol. The Labute approximate surface area is 182 Å². The summed E-state index contributed by atoms with van der Waals surface area (Å²) in [5.41, 5.74) is 2.80. The quantitative estimate of drug-likeness (QED) is 0.351. The highest BCUT2D eigenvalue weighted by atomic mass is 35.5. The van der Waals surface area contributed by atoms with Gasteiger partial charge in [0.25, 0.3) is 5.56 Å². The minimum atomic E-state index is -0.190. The third-order valence-electron chi connectivity index (χ3n) is 4.58. The Balaban J connectivity index is 1.68. The van der Waals surface area contributed by atoms with Crippen molar-refractivity contribution in [1.82, 2.24) is 9.55 Å². The van der Waals surface area contributed by atoms with Gasteiger partial charge in [0.2, 0.25) is 5.91 Å². The minimum absolute atomic E-state index is 0.118. The number of anilines is 1. The van der Waals surface area contributed by atoms with E-state index in [1.807, 2.05) is 37.3 Å². The highest BCUT2D eigenvalue weighted by Crippen LogP contribution is 2.23. The lowest BCUT2D eigenvalue weighted by atomic mass is 10.2. The van der Waals surface area contributed by atoms with Crippen molar-refractivity contribution in [3.63, 3.8) is 0 Å². The Morgan fingerprint density at radius 2 is 1.73 bits per heavy atom. The number of nitrogens with zero attached hydrogens (tertiary/aromatic N) is 2. The second-order valence-corrected chi connectivity index (χ2v) is 8.06. The molecule has 3 aromatic carbocycles. The zero-order chi connectivity index (χ0) is 21.1. The molecule has 0 saturated heterocycles. The zero-order valence-electron chi connectivity index (χ0n) is 16.1. The van der Waals surface area contributed by atoms with Crippen LogP contribution in [0.2, 0.25) is 5.02 Å². The van der Waals surface area contributed by atoms with E-state index >= 15 is 0 Å². The largest absolute Gasteiger partial charge is 0.325 e. The van der Waals surface area contributed by atoms with E-state index in [0.29, 0.717) is 26.8 Å². The van der Waals surface area contributed by atoms with Crippen molar-refractivity contribution in [3.05, 3.63) is 93.7 Å². The van der Waals surface area contributed by atoms with Gasteiger partial charge in [-0.2, -0.15) is 0 Å². The van der Waals surface area contributed by atoms with E-state index in [1.165, 1.54) is 16.3 Å². The maximum Gasteiger partial charge on any atom is 0.266 e. The van der Waals surface area contributed by atoms with Gasteiger partial charge < -0.3 is 5.32 Å². The second-order valence-electron chi connectivity index (χ2n) is 6.68. The molecule has 0 aliphatic heterocycles. The van der Waals surface area contributed by atoms with Crippen LogP contribution in [-0.4, -0.2) is 21.2 Å². The molecule has 7 heteroatoms. The number of halogens is 1. The Kier molecular flexibility index (Phi) is 5.88. The third-order valence-corrected chi connectivity index (χ3v) is 5.77. The van der Waals surface area contributed by atoms with Crippen molar-refractivity contribution in [3.8, 4) is 5.69 Å². The number of aromatic nitrogens is 2. The van der Waals surface area contributed by atoms with Gasteiger partial charge in [-0.15, -0.1) is 0 Å². The van der Waals surface area contributed by atoms with Gasteiger partial charge in [0, 0.05) is 10.7 Å². The van der Waals surface area contributed by atoms with E-state index in [2.05, 4.69) is 10.3 Å². The first-order valence-corrected chi connectivity index (χ1v) is 10.7. The van der Waals surface area contributed by atoms with Crippen LogP contribution in [0.25, 0.3) is 16.6 Å². The summed E-state index contributed by atoms with van der Waals surface area (Å²) in [4.78, 5) is 30.3. The van der Waals surface area contributed by atoms with Crippen LogP contribution in [-0.2, 0) is 4.79 Å². The fourth-order valence-electron chi connectivity index (χ4n) is 3.06. The summed E-state index contributed by atoms with van der Waals surface area (Å²) in [7, 11) is 0. The number of rotatable bonds is 5. The molecule has 1 amide bonds. The van der Waals surface area contributed by atoms with Gasteiger partial charge in [0.1, 0.15) is 0 Å². The molecule has 0 saturated carbocycles. The number of benzene rings is 3. The summed E-state index contributed by atoms with van der Waals surface area (Å²) in [6.45, 7) is 1.94. The maximum atomic E-state index is 13.2. The van der Waals surface area contributed by atoms with Gasteiger partial charge in [-0.3, -0.25) is 14.2 Å². The van der Waals surface area contributed by atoms with Crippen LogP contribution in [0.3, 0.4) is 0 Å². The van der Waals surface area contributed by atoms with Gasteiger partial charge in [-0.1, -0.05) is 53.7 Å². The fraction of sp³-hybridized carbons (Fsp3) is 0.0870. The first kappa shape index (κ1) is 20.2. The van der Waals surface area contributed by atoms with Gasteiger partial charge in [-0.05, 0) is 55.0 Å². The Morgan fingerprint density at radius 3 is 2.50 bits per heavy atom. The topological polar surface area (TPSA) is 64.0 Å². The molecule has 5 nitrogen and oxygen atoms in total. The van der Waals surface area contributed by atoms with E-state index in [9.17, 15) is 9.59 Å². The van der Waals surface area contributed by atoms with E-state index < -0.39 is 0 Å². The van der Waals surface area contributed by atoms with Crippen LogP contribution in [0.1, 0.15) is 5.56 Å². The standard InChI is InChI=1S/C23H18ClN3O2S/c1-15-6-2-4-8-19(15)25-21(28)14-30-23-26-20-9-5-3-7-18(20)22(29)27(23)17-12-10-16(24)11-13-17/h2-13H,14H2,1H3,(H,25,28). The van der Waals surface area contributed by atoms with E-state index in [1.54, 1.807) is 42.5 Å². The number of thioether (sulfide) groups is 1. The predicted molar refractivity (Wildman–Crippen MR) is 123 cm³/mol. The molecule has 1 aromatic heterocycles. The van der Waals surface area contributed by atoms with Gasteiger partial charge in [-0.25, -0.2) is 4.98 Å². The van der Waals surface area contributed by atoms with E-state index in [-0.39, 0.29) is 17.2 Å². The summed E-state index contributed by atoms with van der Waals surface area (Å²) >= 11 is 7.22. The lowest BCUT2D eigenvalue weighted by Gasteiger charge is -2.13. The number of hydrogen-bond donors (Lipinski definition) is 1. The van der Waals surface area contributed by atoms with Gasteiger partial charge in [0.15, 0.2) is 5.16 Å². The van der Waals surface area contributed by atoms with Gasteiger partial charge >= 0.3 is 0 Å².